The number of nitrogens with zero attached hydrogens (tertiary/aromatic N) is 4. The van der Waals surface area contributed by atoms with E-state index in [0.29, 0.717) is 11.3 Å². The molecule has 0 spiro atoms. The van der Waals surface area contributed by atoms with Crippen molar-refractivity contribution in [1.82, 2.24) is 20.0 Å². The molecule has 9 heteroatoms. The molecule has 8 nitrogen and oxygen atoms in total. The molecule has 1 aliphatic rings. The molecule has 1 aromatic carbocycles. The molecule has 0 saturated heterocycles. The maximum atomic E-state index is 13.7. The van der Waals surface area contributed by atoms with Crippen LogP contribution in [-0.4, -0.2) is 25.8 Å². The lowest BCUT2D eigenvalue weighted by atomic mass is 10.1. The van der Waals surface area contributed by atoms with E-state index in [-0.39, 0.29) is 17.1 Å². The first kappa shape index (κ1) is 15.6. The van der Waals surface area contributed by atoms with E-state index in [9.17, 15) is 9.18 Å². The summed E-state index contributed by atoms with van der Waals surface area (Å²) in [5, 5.41) is 19.3. The van der Waals surface area contributed by atoms with Crippen molar-refractivity contribution in [3.63, 3.8) is 0 Å². The number of hydrogen-bond acceptors (Lipinski definition) is 6. The van der Waals surface area contributed by atoms with Crippen LogP contribution in [0.2, 0.25) is 0 Å². The van der Waals surface area contributed by atoms with Crippen LogP contribution in [0.5, 0.6) is 0 Å². The fourth-order valence-corrected chi connectivity index (χ4v) is 2.59. The Balaban J connectivity index is 1.78. The van der Waals surface area contributed by atoms with E-state index in [1.165, 1.54) is 53.7 Å². The topological polar surface area (TPSA) is 106 Å². The van der Waals surface area contributed by atoms with Gasteiger partial charge in [0.15, 0.2) is 5.69 Å². The van der Waals surface area contributed by atoms with Crippen LogP contribution in [0.25, 0.3) is 5.69 Å². The van der Waals surface area contributed by atoms with Gasteiger partial charge in [0.1, 0.15) is 35.8 Å². The summed E-state index contributed by atoms with van der Waals surface area (Å²) in [4.78, 5) is 12.7. The highest BCUT2D eigenvalue weighted by molar-refractivity contribution is 6.07. The van der Waals surface area contributed by atoms with Crippen molar-refractivity contribution in [2.45, 2.75) is 6.29 Å². The number of halogens is 1. The monoisotopic (exact) mass is 351 g/mol. The van der Waals surface area contributed by atoms with Gasteiger partial charge in [0, 0.05) is 6.07 Å². The zero-order valence-electron chi connectivity index (χ0n) is 13.1. The van der Waals surface area contributed by atoms with Gasteiger partial charge in [-0.05, 0) is 24.3 Å². The summed E-state index contributed by atoms with van der Waals surface area (Å²) in [6.45, 7) is 0. The molecule has 0 fully saturated rings. The van der Waals surface area contributed by atoms with Crippen molar-refractivity contribution in [2.75, 3.05) is 0 Å². The van der Waals surface area contributed by atoms with Gasteiger partial charge in [-0.25, -0.2) is 9.07 Å². The number of aromatic amines is 1. The minimum atomic E-state index is -0.842. The Morgan fingerprint density at radius 3 is 2.81 bits per heavy atom. The number of benzene rings is 1. The number of ether oxygens (including phenoxy) is 2. The van der Waals surface area contributed by atoms with Crippen molar-refractivity contribution in [2.24, 2.45) is 0 Å². The van der Waals surface area contributed by atoms with Crippen molar-refractivity contribution in [1.29, 1.82) is 5.26 Å². The van der Waals surface area contributed by atoms with Crippen LogP contribution >= 0.6 is 0 Å². The van der Waals surface area contributed by atoms with Gasteiger partial charge in [-0.1, -0.05) is 0 Å². The molecule has 0 radical (unpaired) electrons. The Labute approximate surface area is 146 Å². The van der Waals surface area contributed by atoms with Crippen LogP contribution in [0.3, 0.4) is 0 Å². The molecular formula is C17H10FN5O3. The quantitative estimate of drug-likeness (QED) is 0.723. The number of carbonyl (C=O) groups excluding carboxylic acids is 1. The van der Waals surface area contributed by atoms with Crippen molar-refractivity contribution >= 4 is 5.78 Å². The average Bonchev–Trinajstić information content (AvgIpc) is 3.41. The second kappa shape index (κ2) is 6.18. The van der Waals surface area contributed by atoms with Crippen LogP contribution in [0, 0.1) is 17.1 Å². The van der Waals surface area contributed by atoms with Gasteiger partial charge in [-0.2, -0.15) is 15.5 Å². The Kier molecular flexibility index (Phi) is 3.70. The Morgan fingerprint density at radius 2 is 2.08 bits per heavy atom. The molecule has 2 aromatic heterocycles. The summed E-state index contributed by atoms with van der Waals surface area (Å²) in [6, 6.07) is 8.69. The molecule has 0 saturated carbocycles. The Bertz CT molecular complexity index is 1050. The SMILES string of the molecule is N#Cc1cc(C(=O)c2ccnn2-c2ccc(F)cc2C2OC=CO2)[nH]n1. The molecule has 3 heterocycles. The number of ketones is 1. The molecule has 0 amide bonds. The van der Waals surface area contributed by atoms with Crippen LogP contribution in [-0.2, 0) is 9.47 Å². The number of aromatic nitrogens is 4. The summed E-state index contributed by atoms with van der Waals surface area (Å²) < 4.78 is 25.7. The lowest BCUT2D eigenvalue weighted by Crippen LogP contribution is -2.14. The highest BCUT2D eigenvalue weighted by atomic mass is 19.1. The number of nitriles is 1. The summed E-state index contributed by atoms with van der Waals surface area (Å²) in [5.41, 5.74) is 1.24. The van der Waals surface area contributed by atoms with Crippen LogP contribution in [0.1, 0.15) is 33.7 Å². The maximum Gasteiger partial charge on any atom is 0.268 e. The van der Waals surface area contributed by atoms with Gasteiger partial charge in [0.05, 0.1) is 17.4 Å². The minimum absolute atomic E-state index is 0.0979. The van der Waals surface area contributed by atoms with Crippen LogP contribution < -0.4 is 0 Å². The molecule has 4 rings (SSSR count). The fourth-order valence-electron chi connectivity index (χ4n) is 2.59. The van der Waals surface area contributed by atoms with E-state index in [2.05, 4.69) is 15.3 Å². The van der Waals surface area contributed by atoms with E-state index in [1.807, 2.05) is 6.07 Å². The standard InChI is InChI=1S/C17H10FN5O3/c18-10-1-2-14(12(7-10)17-25-5-6-26-17)23-15(3-4-20-23)16(24)13-8-11(9-19)21-22-13/h1-8,17H,(H,21,22). The van der Waals surface area contributed by atoms with E-state index >= 15 is 0 Å². The molecular weight excluding hydrogens is 341 g/mol. The lowest BCUT2D eigenvalue weighted by molar-refractivity contribution is -0.0248. The zero-order chi connectivity index (χ0) is 18.1. The third-order valence-corrected chi connectivity index (χ3v) is 3.74. The number of carbonyl (C=O) groups is 1. The average molecular weight is 351 g/mol. The third-order valence-electron chi connectivity index (χ3n) is 3.74. The van der Waals surface area contributed by atoms with Crippen molar-refractivity contribution < 1.29 is 18.7 Å². The first-order valence-electron chi connectivity index (χ1n) is 7.47. The van der Waals surface area contributed by atoms with Gasteiger partial charge < -0.3 is 9.47 Å². The van der Waals surface area contributed by atoms with Gasteiger partial charge in [0.2, 0.25) is 5.78 Å². The number of hydrogen-bond donors (Lipinski definition) is 1. The molecule has 0 atom stereocenters. The van der Waals surface area contributed by atoms with E-state index in [1.54, 1.807) is 0 Å². The van der Waals surface area contributed by atoms with Crippen LogP contribution in [0.15, 0.2) is 49.1 Å². The minimum Gasteiger partial charge on any atom is -0.455 e. The molecule has 0 aliphatic carbocycles. The van der Waals surface area contributed by atoms with Gasteiger partial charge in [-0.3, -0.25) is 9.89 Å². The molecule has 26 heavy (non-hydrogen) atoms. The van der Waals surface area contributed by atoms with Gasteiger partial charge in [-0.15, -0.1) is 0 Å². The molecule has 3 aromatic rings. The molecule has 128 valence electrons. The first-order chi connectivity index (χ1) is 12.7. The number of H-pyrrole nitrogens is 1. The van der Waals surface area contributed by atoms with Crippen molar-refractivity contribution in [3.05, 3.63) is 77.5 Å². The number of rotatable bonds is 4. The Morgan fingerprint density at radius 1 is 1.27 bits per heavy atom. The largest absolute Gasteiger partial charge is 0.455 e. The molecule has 1 N–H and O–H groups in total. The predicted octanol–water partition coefficient (Wildman–Crippen LogP) is 2.35. The summed E-state index contributed by atoms with van der Waals surface area (Å²) in [6.07, 6.45) is 3.30. The normalized spacial score (nSPS) is 13.2. The number of nitrogens with one attached hydrogen (secondary N) is 1. The van der Waals surface area contributed by atoms with Gasteiger partial charge in [0.25, 0.3) is 6.29 Å². The third kappa shape index (κ3) is 2.59. The van der Waals surface area contributed by atoms with Crippen LogP contribution in [0.4, 0.5) is 4.39 Å². The molecule has 1 aliphatic heterocycles. The summed E-state index contributed by atoms with van der Waals surface area (Å²) >= 11 is 0. The highest BCUT2D eigenvalue weighted by Crippen LogP contribution is 2.30. The second-order valence-electron chi connectivity index (χ2n) is 5.32. The first-order valence-corrected chi connectivity index (χ1v) is 7.47. The molecule has 0 bridgehead atoms. The van der Waals surface area contributed by atoms with E-state index < -0.39 is 17.9 Å². The summed E-state index contributed by atoms with van der Waals surface area (Å²) in [7, 11) is 0. The zero-order valence-corrected chi connectivity index (χ0v) is 13.1. The highest BCUT2D eigenvalue weighted by Gasteiger charge is 2.25. The predicted molar refractivity (Wildman–Crippen MR) is 84.3 cm³/mol. The van der Waals surface area contributed by atoms with E-state index in [0.717, 1.165) is 0 Å². The second-order valence-corrected chi connectivity index (χ2v) is 5.32. The lowest BCUT2D eigenvalue weighted by Gasteiger charge is -2.16. The van der Waals surface area contributed by atoms with Gasteiger partial charge >= 0.3 is 0 Å². The Hall–Kier alpha value is -3.93. The van der Waals surface area contributed by atoms with E-state index in [4.69, 9.17) is 14.7 Å². The maximum absolute atomic E-state index is 13.7. The smallest absolute Gasteiger partial charge is 0.268 e. The fraction of sp³-hybridized carbons (Fsp3) is 0.0588. The molecule has 0 unspecified atom stereocenters. The summed E-state index contributed by atoms with van der Waals surface area (Å²) in [5.74, 6) is -0.895. The van der Waals surface area contributed by atoms with Crippen molar-refractivity contribution in [3.8, 4) is 11.8 Å².